The molecule has 0 bridgehead atoms. The molecule has 0 aromatic heterocycles. The summed E-state index contributed by atoms with van der Waals surface area (Å²) >= 11 is 5.59. The molecule has 1 aliphatic carbocycles. The first-order chi connectivity index (χ1) is 8.40. The van der Waals surface area contributed by atoms with Crippen LogP contribution in [0.15, 0.2) is 12.1 Å². The van der Waals surface area contributed by atoms with Crippen molar-refractivity contribution in [2.75, 3.05) is 5.32 Å². The number of rotatable bonds is 3. The smallest absolute Gasteiger partial charge is 0.307 e. The Balaban J connectivity index is 2.11. The lowest BCUT2D eigenvalue weighted by atomic mass is 10.2. The Kier molecular flexibility index (Phi) is 3.21. The number of nitrogens with one attached hydrogen (secondary N) is 1. The van der Waals surface area contributed by atoms with E-state index in [-0.39, 0.29) is 17.1 Å². The third kappa shape index (κ3) is 2.43. The van der Waals surface area contributed by atoms with Crippen LogP contribution in [0.3, 0.4) is 0 Å². The van der Waals surface area contributed by atoms with Crippen molar-refractivity contribution in [3.05, 3.63) is 28.8 Å². The molecule has 1 aromatic rings. The van der Waals surface area contributed by atoms with Crippen molar-refractivity contribution in [1.29, 1.82) is 0 Å². The molecule has 1 fully saturated rings. The predicted molar refractivity (Wildman–Crippen MR) is 59.2 cm³/mol. The molecule has 1 saturated carbocycles. The fourth-order valence-corrected chi connectivity index (χ4v) is 1.88. The van der Waals surface area contributed by atoms with Crippen LogP contribution in [0.5, 0.6) is 0 Å². The van der Waals surface area contributed by atoms with Gasteiger partial charge in [0.05, 0.1) is 22.5 Å². The van der Waals surface area contributed by atoms with Gasteiger partial charge in [0, 0.05) is 6.07 Å². The number of amides is 1. The Morgan fingerprint density at radius 2 is 2.00 bits per heavy atom. The molecule has 0 heterocycles. The quantitative estimate of drug-likeness (QED) is 0.889. The minimum atomic E-state index is -1.07. The summed E-state index contributed by atoms with van der Waals surface area (Å²) in [5.74, 6) is -4.99. The maximum atomic E-state index is 13.4. The summed E-state index contributed by atoms with van der Waals surface area (Å²) in [4.78, 5) is 22.2. The number of carbonyl (C=O) groups is 2. The monoisotopic (exact) mass is 275 g/mol. The number of carbonyl (C=O) groups excluding carboxylic acids is 1. The molecule has 96 valence electrons. The minimum Gasteiger partial charge on any atom is -0.481 e. The Morgan fingerprint density at radius 1 is 1.33 bits per heavy atom. The van der Waals surface area contributed by atoms with Crippen LogP contribution in [0.4, 0.5) is 14.5 Å². The molecule has 7 heteroatoms. The van der Waals surface area contributed by atoms with Crippen LogP contribution in [0, 0.1) is 23.5 Å². The van der Waals surface area contributed by atoms with Crippen molar-refractivity contribution >= 4 is 29.2 Å². The Labute approximate surface area is 106 Å². The molecule has 18 heavy (non-hydrogen) atoms. The molecule has 1 aliphatic rings. The van der Waals surface area contributed by atoms with E-state index in [1.807, 2.05) is 0 Å². The van der Waals surface area contributed by atoms with E-state index in [9.17, 15) is 18.4 Å². The van der Waals surface area contributed by atoms with Crippen LogP contribution in [0.1, 0.15) is 6.42 Å². The van der Waals surface area contributed by atoms with Gasteiger partial charge in [0.2, 0.25) is 5.91 Å². The molecule has 4 nitrogen and oxygen atoms in total. The zero-order chi connectivity index (χ0) is 13.4. The summed E-state index contributed by atoms with van der Waals surface area (Å²) in [5.41, 5.74) is -0.334. The summed E-state index contributed by atoms with van der Waals surface area (Å²) in [6.07, 6.45) is 0.210. The first-order valence-electron chi connectivity index (χ1n) is 5.08. The minimum absolute atomic E-state index is 0.210. The van der Waals surface area contributed by atoms with Gasteiger partial charge >= 0.3 is 5.97 Å². The molecule has 0 aliphatic heterocycles. The highest BCUT2D eigenvalue weighted by molar-refractivity contribution is 6.33. The van der Waals surface area contributed by atoms with Crippen LogP contribution < -0.4 is 5.32 Å². The molecule has 2 atom stereocenters. The normalized spacial score (nSPS) is 21.5. The van der Waals surface area contributed by atoms with Gasteiger partial charge < -0.3 is 10.4 Å². The van der Waals surface area contributed by atoms with Gasteiger partial charge in [0.15, 0.2) is 5.82 Å². The van der Waals surface area contributed by atoms with Gasteiger partial charge in [-0.05, 0) is 12.5 Å². The summed E-state index contributed by atoms with van der Waals surface area (Å²) in [6.45, 7) is 0. The van der Waals surface area contributed by atoms with Gasteiger partial charge in [0.1, 0.15) is 5.82 Å². The largest absolute Gasteiger partial charge is 0.481 e. The van der Waals surface area contributed by atoms with E-state index in [2.05, 4.69) is 5.32 Å². The second kappa shape index (κ2) is 4.53. The molecule has 1 amide bonds. The lowest BCUT2D eigenvalue weighted by molar-refractivity contribution is -0.139. The Hall–Kier alpha value is -1.69. The highest BCUT2D eigenvalue weighted by Gasteiger charge is 2.48. The first-order valence-corrected chi connectivity index (χ1v) is 5.46. The lowest BCUT2D eigenvalue weighted by Gasteiger charge is -2.08. The second-order valence-electron chi connectivity index (χ2n) is 4.02. The van der Waals surface area contributed by atoms with E-state index < -0.39 is 35.3 Å². The summed E-state index contributed by atoms with van der Waals surface area (Å²) < 4.78 is 26.1. The Morgan fingerprint density at radius 3 is 2.50 bits per heavy atom. The molecular weight excluding hydrogens is 268 g/mol. The van der Waals surface area contributed by atoms with Crippen LogP contribution in [-0.2, 0) is 9.59 Å². The molecule has 0 radical (unpaired) electrons. The molecule has 2 unspecified atom stereocenters. The van der Waals surface area contributed by atoms with Crippen LogP contribution in [0.25, 0.3) is 0 Å². The zero-order valence-corrected chi connectivity index (χ0v) is 9.67. The third-order valence-electron chi connectivity index (χ3n) is 2.70. The van der Waals surface area contributed by atoms with Crippen molar-refractivity contribution < 1.29 is 23.5 Å². The van der Waals surface area contributed by atoms with Gasteiger partial charge in [-0.3, -0.25) is 9.59 Å². The van der Waals surface area contributed by atoms with E-state index in [1.165, 1.54) is 0 Å². The standard InChI is InChI=1S/C11H8ClF2NO3/c12-7-1-4(13)2-8(14)9(7)15-10(16)5-3-6(5)11(17)18/h1-2,5-6H,3H2,(H,15,16)(H,17,18). The summed E-state index contributed by atoms with van der Waals surface area (Å²) in [5, 5.41) is 10.6. The fraction of sp³-hybridized carbons (Fsp3) is 0.273. The number of carboxylic acid groups (broad SMARTS) is 1. The highest BCUT2D eigenvalue weighted by atomic mass is 35.5. The van der Waals surface area contributed by atoms with Crippen LogP contribution in [0.2, 0.25) is 5.02 Å². The average molecular weight is 276 g/mol. The predicted octanol–water partition coefficient (Wildman–Crippen LogP) is 2.28. The van der Waals surface area contributed by atoms with E-state index >= 15 is 0 Å². The summed E-state index contributed by atoms with van der Waals surface area (Å²) in [7, 11) is 0. The van der Waals surface area contributed by atoms with Gasteiger partial charge in [-0.1, -0.05) is 11.6 Å². The molecule has 0 saturated heterocycles. The van der Waals surface area contributed by atoms with Crippen molar-refractivity contribution in [3.63, 3.8) is 0 Å². The van der Waals surface area contributed by atoms with Crippen molar-refractivity contribution in [3.8, 4) is 0 Å². The average Bonchev–Trinajstić information content (AvgIpc) is 3.02. The van der Waals surface area contributed by atoms with Crippen LogP contribution in [-0.4, -0.2) is 17.0 Å². The molecular formula is C11H8ClF2NO3. The van der Waals surface area contributed by atoms with Crippen molar-refractivity contribution in [2.45, 2.75) is 6.42 Å². The number of anilines is 1. The lowest BCUT2D eigenvalue weighted by Crippen LogP contribution is -2.18. The number of carboxylic acids is 1. The third-order valence-corrected chi connectivity index (χ3v) is 3.00. The summed E-state index contributed by atoms with van der Waals surface area (Å²) in [6, 6.07) is 1.45. The second-order valence-corrected chi connectivity index (χ2v) is 4.43. The van der Waals surface area contributed by atoms with Gasteiger partial charge in [-0.25, -0.2) is 8.78 Å². The fourth-order valence-electron chi connectivity index (χ4n) is 1.64. The number of hydrogen-bond donors (Lipinski definition) is 2. The highest BCUT2D eigenvalue weighted by Crippen LogP contribution is 2.40. The molecule has 2 N–H and O–H groups in total. The topological polar surface area (TPSA) is 66.4 Å². The molecule has 0 spiro atoms. The number of halogens is 3. The van der Waals surface area contributed by atoms with Gasteiger partial charge in [-0.2, -0.15) is 0 Å². The molecule has 1 aromatic carbocycles. The van der Waals surface area contributed by atoms with E-state index in [0.717, 1.165) is 6.07 Å². The van der Waals surface area contributed by atoms with Gasteiger partial charge in [-0.15, -0.1) is 0 Å². The van der Waals surface area contributed by atoms with Crippen molar-refractivity contribution in [2.24, 2.45) is 11.8 Å². The molecule has 2 rings (SSSR count). The number of hydrogen-bond acceptors (Lipinski definition) is 2. The van der Waals surface area contributed by atoms with Crippen molar-refractivity contribution in [1.82, 2.24) is 0 Å². The van der Waals surface area contributed by atoms with Crippen LogP contribution >= 0.6 is 11.6 Å². The first kappa shape index (κ1) is 12.8. The Bertz CT molecular complexity index is 512. The van der Waals surface area contributed by atoms with E-state index in [1.54, 1.807) is 0 Å². The zero-order valence-electron chi connectivity index (χ0n) is 8.91. The maximum absolute atomic E-state index is 13.4. The number of benzene rings is 1. The SMILES string of the molecule is O=C(O)C1CC1C(=O)Nc1c(F)cc(F)cc1Cl. The van der Waals surface area contributed by atoms with E-state index in [0.29, 0.717) is 6.07 Å². The number of aliphatic carboxylic acids is 1. The maximum Gasteiger partial charge on any atom is 0.307 e. The van der Waals surface area contributed by atoms with Gasteiger partial charge in [0.25, 0.3) is 0 Å². The van der Waals surface area contributed by atoms with E-state index in [4.69, 9.17) is 16.7 Å².